The van der Waals surface area contributed by atoms with Crippen LogP contribution >= 0.6 is 0 Å². The van der Waals surface area contributed by atoms with E-state index in [0.717, 1.165) is 12.1 Å². The van der Waals surface area contributed by atoms with Crippen LogP contribution in [0.2, 0.25) is 0 Å². The molecule has 3 nitrogen and oxygen atoms in total. The lowest BCUT2D eigenvalue weighted by atomic mass is 10.4. The standard InChI is InChI=1S/C8H12N2O/c1-3-10-5-4-8(7-10)6-9-11-2/h4-7H,3H2,1-2H3/b9-6+. The Morgan fingerprint density at radius 2 is 2.55 bits per heavy atom. The molecule has 0 bridgehead atoms. The predicted octanol–water partition coefficient (Wildman–Crippen LogP) is 1.49. The largest absolute Gasteiger partial charge is 0.399 e. The van der Waals surface area contributed by atoms with Crippen LogP contribution in [0.15, 0.2) is 23.6 Å². The Kier molecular flexibility index (Phi) is 2.72. The third-order valence-electron chi connectivity index (χ3n) is 1.45. The minimum Gasteiger partial charge on any atom is -0.399 e. The van der Waals surface area contributed by atoms with Crippen molar-refractivity contribution >= 4 is 6.21 Å². The van der Waals surface area contributed by atoms with Crippen molar-refractivity contribution in [2.24, 2.45) is 5.16 Å². The van der Waals surface area contributed by atoms with Crippen LogP contribution in [0.4, 0.5) is 0 Å². The monoisotopic (exact) mass is 152 g/mol. The molecule has 1 rings (SSSR count). The Labute approximate surface area is 66.3 Å². The molecule has 0 N–H and O–H groups in total. The molecule has 0 unspecified atom stereocenters. The van der Waals surface area contributed by atoms with Gasteiger partial charge in [0.25, 0.3) is 0 Å². The average Bonchev–Trinajstić information content (AvgIpc) is 2.48. The lowest BCUT2D eigenvalue weighted by Crippen LogP contribution is -1.87. The van der Waals surface area contributed by atoms with Gasteiger partial charge in [0, 0.05) is 24.5 Å². The summed E-state index contributed by atoms with van der Waals surface area (Å²) in [5.41, 5.74) is 1.06. The molecule has 3 heteroatoms. The van der Waals surface area contributed by atoms with E-state index >= 15 is 0 Å². The van der Waals surface area contributed by atoms with Crippen molar-refractivity contribution in [1.29, 1.82) is 0 Å². The van der Waals surface area contributed by atoms with Gasteiger partial charge in [-0.15, -0.1) is 0 Å². The van der Waals surface area contributed by atoms with Crippen molar-refractivity contribution in [3.8, 4) is 0 Å². The zero-order valence-corrected chi connectivity index (χ0v) is 6.82. The summed E-state index contributed by atoms with van der Waals surface area (Å²) in [7, 11) is 1.54. The summed E-state index contributed by atoms with van der Waals surface area (Å²) in [4.78, 5) is 4.55. The molecule has 0 atom stereocenters. The Hall–Kier alpha value is -1.25. The fraction of sp³-hybridized carbons (Fsp3) is 0.375. The van der Waals surface area contributed by atoms with Gasteiger partial charge in [-0.2, -0.15) is 0 Å². The summed E-state index contributed by atoms with van der Waals surface area (Å²) in [5, 5.41) is 3.65. The molecule has 0 aliphatic heterocycles. The van der Waals surface area contributed by atoms with Gasteiger partial charge in [-0.25, -0.2) is 0 Å². The van der Waals surface area contributed by atoms with Crippen LogP contribution in [0, 0.1) is 0 Å². The van der Waals surface area contributed by atoms with Gasteiger partial charge >= 0.3 is 0 Å². The molecule has 0 spiro atoms. The van der Waals surface area contributed by atoms with E-state index in [2.05, 4.69) is 21.5 Å². The van der Waals surface area contributed by atoms with Crippen LogP contribution in [0.5, 0.6) is 0 Å². The first-order valence-corrected chi connectivity index (χ1v) is 3.59. The second-order valence-corrected chi connectivity index (χ2v) is 2.19. The summed E-state index contributed by atoms with van der Waals surface area (Å²) in [5.74, 6) is 0. The second-order valence-electron chi connectivity index (χ2n) is 2.19. The van der Waals surface area contributed by atoms with Crippen molar-refractivity contribution in [1.82, 2.24) is 4.57 Å². The molecule has 60 valence electrons. The first-order valence-electron chi connectivity index (χ1n) is 3.59. The normalized spacial score (nSPS) is 10.7. The fourth-order valence-electron chi connectivity index (χ4n) is 0.846. The Balaban J connectivity index is 2.65. The fourth-order valence-corrected chi connectivity index (χ4v) is 0.846. The maximum absolute atomic E-state index is 4.55. The topological polar surface area (TPSA) is 26.5 Å². The molecule has 0 aliphatic rings. The highest BCUT2D eigenvalue weighted by Crippen LogP contribution is 1.97. The first kappa shape index (κ1) is 7.85. The quantitative estimate of drug-likeness (QED) is 0.476. The number of hydrogen-bond donors (Lipinski definition) is 0. The Morgan fingerprint density at radius 3 is 3.09 bits per heavy atom. The van der Waals surface area contributed by atoms with Gasteiger partial charge in [0.1, 0.15) is 7.11 Å². The number of aromatic nitrogens is 1. The van der Waals surface area contributed by atoms with Crippen LogP contribution in [0.1, 0.15) is 12.5 Å². The highest BCUT2D eigenvalue weighted by atomic mass is 16.6. The van der Waals surface area contributed by atoms with Crippen LogP contribution in [0.25, 0.3) is 0 Å². The number of nitrogens with zero attached hydrogens (tertiary/aromatic N) is 2. The maximum atomic E-state index is 4.55. The number of aryl methyl sites for hydroxylation is 1. The Bertz CT molecular complexity index is 240. The van der Waals surface area contributed by atoms with Crippen molar-refractivity contribution in [2.45, 2.75) is 13.5 Å². The minimum atomic E-state index is 0.987. The predicted molar refractivity (Wildman–Crippen MR) is 44.7 cm³/mol. The molecule has 0 fully saturated rings. The van der Waals surface area contributed by atoms with E-state index in [-0.39, 0.29) is 0 Å². The minimum absolute atomic E-state index is 0.987. The molecule has 0 aliphatic carbocycles. The van der Waals surface area contributed by atoms with Crippen molar-refractivity contribution in [3.63, 3.8) is 0 Å². The number of oxime groups is 1. The van der Waals surface area contributed by atoms with Crippen molar-refractivity contribution < 1.29 is 4.84 Å². The molecule has 11 heavy (non-hydrogen) atoms. The van der Waals surface area contributed by atoms with Crippen LogP contribution < -0.4 is 0 Å². The van der Waals surface area contributed by atoms with E-state index < -0.39 is 0 Å². The van der Waals surface area contributed by atoms with Gasteiger partial charge in [0.05, 0.1) is 6.21 Å². The Morgan fingerprint density at radius 1 is 1.73 bits per heavy atom. The van der Waals surface area contributed by atoms with E-state index in [1.54, 1.807) is 6.21 Å². The van der Waals surface area contributed by atoms with E-state index in [1.165, 1.54) is 7.11 Å². The zero-order chi connectivity index (χ0) is 8.10. The highest BCUT2D eigenvalue weighted by Gasteiger charge is 1.89. The smallest absolute Gasteiger partial charge is 0.106 e. The molecule has 0 amide bonds. The van der Waals surface area contributed by atoms with Crippen molar-refractivity contribution in [2.75, 3.05) is 7.11 Å². The van der Waals surface area contributed by atoms with E-state index in [9.17, 15) is 0 Å². The first-order chi connectivity index (χ1) is 5.36. The van der Waals surface area contributed by atoms with Crippen LogP contribution in [-0.2, 0) is 11.4 Å². The summed E-state index contributed by atoms with van der Waals surface area (Å²) in [6.07, 6.45) is 5.71. The molecule has 0 saturated heterocycles. The van der Waals surface area contributed by atoms with Gasteiger partial charge in [0.2, 0.25) is 0 Å². The summed E-state index contributed by atoms with van der Waals surface area (Å²) in [6.45, 7) is 3.08. The third kappa shape index (κ3) is 2.11. The molecule has 1 aromatic rings. The molecule has 0 radical (unpaired) electrons. The lowest BCUT2D eigenvalue weighted by Gasteiger charge is -1.91. The SMILES string of the molecule is CCn1ccc(/C=N/OC)c1. The van der Waals surface area contributed by atoms with E-state index in [0.29, 0.717) is 0 Å². The molecular formula is C8H12N2O. The number of rotatable bonds is 3. The van der Waals surface area contributed by atoms with Gasteiger partial charge in [-0.1, -0.05) is 5.16 Å². The lowest BCUT2D eigenvalue weighted by molar-refractivity contribution is 0.215. The zero-order valence-electron chi connectivity index (χ0n) is 6.82. The number of hydrogen-bond acceptors (Lipinski definition) is 2. The highest BCUT2D eigenvalue weighted by molar-refractivity contribution is 5.78. The molecule has 1 heterocycles. The van der Waals surface area contributed by atoms with E-state index in [1.807, 2.05) is 18.5 Å². The third-order valence-corrected chi connectivity index (χ3v) is 1.45. The molecular weight excluding hydrogens is 140 g/mol. The molecule has 1 aromatic heterocycles. The average molecular weight is 152 g/mol. The van der Waals surface area contributed by atoms with Crippen LogP contribution in [0.3, 0.4) is 0 Å². The van der Waals surface area contributed by atoms with Crippen LogP contribution in [-0.4, -0.2) is 17.9 Å². The molecule has 0 saturated carbocycles. The van der Waals surface area contributed by atoms with Crippen molar-refractivity contribution in [3.05, 3.63) is 24.0 Å². The molecule has 0 aromatic carbocycles. The summed E-state index contributed by atoms with van der Waals surface area (Å²) >= 11 is 0. The van der Waals surface area contributed by atoms with Gasteiger partial charge in [0.15, 0.2) is 0 Å². The van der Waals surface area contributed by atoms with Gasteiger partial charge < -0.3 is 9.40 Å². The van der Waals surface area contributed by atoms with Gasteiger partial charge in [-0.3, -0.25) is 0 Å². The maximum Gasteiger partial charge on any atom is 0.106 e. The summed E-state index contributed by atoms with van der Waals surface area (Å²) in [6, 6.07) is 1.99. The van der Waals surface area contributed by atoms with E-state index in [4.69, 9.17) is 0 Å². The van der Waals surface area contributed by atoms with Gasteiger partial charge in [-0.05, 0) is 13.0 Å². The second kappa shape index (κ2) is 3.81. The summed E-state index contributed by atoms with van der Waals surface area (Å²) < 4.78 is 2.08.